The molecule has 0 radical (unpaired) electrons. The summed E-state index contributed by atoms with van der Waals surface area (Å²) in [6.07, 6.45) is 4.84. The van der Waals surface area contributed by atoms with Gasteiger partial charge in [0.1, 0.15) is 10.8 Å². The van der Waals surface area contributed by atoms with E-state index in [2.05, 4.69) is 34.6 Å². The second-order valence-electron chi connectivity index (χ2n) is 5.11. The highest BCUT2D eigenvalue weighted by molar-refractivity contribution is 7.13. The summed E-state index contributed by atoms with van der Waals surface area (Å²) in [7, 11) is 0. The Bertz CT molecular complexity index is 549. The van der Waals surface area contributed by atoms with Gasteiger partial charge >= 0.3 is 0 Å². The molecule has 1 N–H and O–H groups in total. The number of benzene rings is 1. The Morgan fingerprint density at radius 2 is 2.05 bits per heavy atom. The minimum Gasteiger partial charge on any atom is -0.430 e. The molecule has 5 heteroatoms. The smallest absolute Gasteiger partial charge is 0.299 e. The standard InChI is InChI=1S/C15H19N3OS/c1-2-3-11-4-8-13(9-5-11)19-15-18-17-14(20-15)10-16-12-6-7-12/h4-5,8-9,12,16H,2-3,6-7,10H2,1H3. The van der Waals surface area contributed by atoms with E-state index >= 15 is 0 Å². The van der Waals surface area contributed by atoms with Crippen LogP contribution < -0.4 is 10.1 Å². The SMILES string of the molecule is CCCc1ccc(Oc2nnc(CNC3CC3)s2)cc1. The molecular formula is C15H19N3OS. The van der Waals surface area contributed by atoms with Gasteiger partial charge in [-0.1, -0.05) is 41.9 Å². The molecule has 0 unspecified atom stereocenters. The molecule has 2 aromatic rings. The summed E-state index contributed by atoms with van der Waals surface area (Å²) in [5, 5.41) is 13.2. The van der Waals surface area contributed by atoms with Crippen LogP contribution in [0.4, 0.5) is 0 Å². The van der Waals surface area contributed by atoms with E-state index in [-0.39, 0.29) is 0 Å². The minimum atomic E-state index is 0.612. The summed E-state index contributed by atoms with van der Waals surface area (Å²) in [5.74, 6) is 0.822. The van der Waals surface area contributed by atoms with Gasteiger partial charge in [-0.2, -0.15) is 0 Å². The lowest BCUT2D eigenvalue weighted by molar-refractivity contribution is 0.472. The molecule has 0 bridgehead atoms. The highest BCUT2D eigenvalue weighted by Gasteiger charge is 2.20. The Kier molecular flexibility index (Phi) is 4.28. The average molecular weight is 289 g/mol. The lowest BCUT2D eigenvalue weighted by Crippen LogP contribution is -2.14. The van der Waals surface area contributed by atoms with Crippen molar-refractivity contribution in [2.24, 2.45) is 0 Å². The van der Waals surface area contributed by atoms with Crippen LogP contribution >= 0.6 is 11.3 Å². The molecule has 0 saturated heterocycles. The zero-order chi connectivity index (χ0) is 13.8. The van der Waals surface area contributed by atoms with Crippen LogP contribution in [0.3, 0.4) is 0 Å². The van der Waals surface area contributed by atoms with Crippen molar-refractivity contribution >= 4 is 11.3 Å². The number of nitrogens with zero attached hydrogens (tertiary/aromatic N) is 2. The van der Waals surface area contributed by atoms with E-state index < -0.39 is 0 Å². The summed E-state index contributed by atoms with van der Waals surface area (Å²) >= 11 is 1.50. The van der Waals surface area contributed by atoms with Crippen molar-refractivity contribution < 1.29 is 4.74 Å². The van der Waals surface area contributed by atoms with Crippen LogP contribution in [0.15, 0.2) is 24.3 Å². The van der Waals surface area contributed by atoms with Crippen molar-refractivity contribution in [1.29, 1.82) is 0 Å². The first-order valence-corrected chi connectivity index (χ1v) is 7.97. The predicted octanol–water partition coefficient (Wildman–Crippen LogP) is 3.53. The number of nitrogens with one attached hydrogen (secondary N) is 1. The van der Waals surface area contributed by atoms with Crippen molar-refractivity contribution in [3.63, 3.8) is 0 Å². The Morgan fingerprint density at radius 1 is 1.25 bits per heavy atom. The van der Waals surface area contributed by atoms with Gasteiger partial charge in [-0.15, -0.1) is 5.10 Å². The van der Waals surface area contributed by atoms with Crippen LogP contribution in [0.2, 0.25) is 0 Å². The first kappa shape index (κ1) is 13.5. The van der Waals surface area contributed by atoms with Gasteiger partial charge in [0.2, 0.25) is 0 Å². The lowest BCUT2D eigenvalue weighted by atomic mass is 10.1. The van der Waals surface area contributed by atoms with Gasteiger partial charge in [-0.05, 0) is 37.0 Å². The number of hydrogen-bond acceptors (Lipinski definition) is 5. The topological polar surface area (TPSA) is 47.0 Å². The Morgan fingerprint density at radius 3 is 2.75 bits per heavy atom. The van der Waals surface area contributed by atoms with Gasteiger partial charge in [-0.25, -0.2) is 0 Å². The van der Waals surface area contributed by atoms with Crippen molar-refractivity contribution in [3.05, 3.63) is 34.8 Å². The Labute approximate surface area is 123 Å². The summed E-state index contributed by atoms with van der Waals surface area (Å²) in [6, 6.07) is 8.89. The molecular weight excluding hydrogens is 270 g/mol. The zero-order valence-corrected chi connectivity index (χ0v) is 12.4. The molecule has 106 valence electrons. The maximum absolute atomic E-state index is 5.73. The van der Waals surface area contributed by atoms with E-state index in [1.807, 2.05) is 12.1 Å². The second-order valence-corrected chi connectivity index (χ2v) is 6.14. The Hall–Kier alpha value is -1.46. The maximum atomic E-state index is 5.73. The summed E-state index contributed by atoms with van der Waals surface area (Å²) in [4.78, 5) is 0. The van der Waals surface area contributed by atoms with Crippen LogP contribution in [0.5, 0.6) is 10.9 Å². The first-order valence-electron chi connectivity index (χ1n) is 7.16. The molecule has 1 aromatic heterocycles. The largest absolute Gasteiger partial charge is 0.430 e. The van der Waals surface area contributed by atoms with Crippen LogP contribution in [0.25, 0.3) is 0 Å². The average Bonchev–Trinajstić information content (AvgIpc) is 3.19. The fourth-order valence-electron chi connectivity index (χ4n) is 1.98. The summed E-state index contributed by atoms with van der Waals surface area (Å²) in [6.45, 7) is 2.98. The van der Waals surface area contributed by atoms with Crippen LogP contribution in [0.1, 0.15) is 36.8 Å². The third kappa shape index (κ3) is 3.77. The van der Waals surface area contributed by atoms with E-state index in [1.165, 1.54) is 29.7 Å². The molecule has 0 aliphatic heterocycles. The molecule has 1 aromatic carbocycles. The molecule has 1 fully saturated rings. The molecule has 4 nitrogen and oxygen atoms in total. The molecule has 1 aliphatic carbocycles. The van der Waals surface area contributed by atoms with Gasteiger partial charge in [0.05, 0.1) is 6.54 Å². The number of rotatable bonds is 7. The first-order chi connectivity index (χ1) is 9.83. The van der Waals surface area contributed by atoms with Crippen LogP contribution in [-0.4, -0.2) is 16.2 Å². The van der Waals surface area contributed by atoms with Gasteiger partial charge in [0.25, 0.3) is 5.19 Å². The molecule has 3 rings (SSSR count). The van der Waals surface area contributed by atoms with Crippen molar-refractivity contribution in [2.75, 3.05) is 0 Å². The van der Waals surface area contributed by atoms with Crippen LogP contribution in [-0.2, 0) is 13.0 Å². The molecule has 0 spiro atoms. The minimum absolute atomic E-state index is 0.612. The molecule has 20 heavy (non-hydrogen) atoms. The second kappa shape index (κ2) is 6.33. The van der Waals surface area contributed by atoms with Gasteiger partial charge < -0.3 is 10.1 Å². The molecule has 1 aliphatic rings. The number of aryl methyl sites for hydroxylation is 1. The van der Waals surface area contributed by atoms with E-state index in [0.29, 0.717) is 11.2 Å². The third-order valence-electron chi connectivity index (χ3n) is 3.23. The monoisotopic (exact) mass is 289 g/mol. The summed E-state index contributed by atoms with van der Waals surface area (Å²) in [5.41, 5.74) is 1.34. The third-order valence-corrected chi connectivity index (χ3v) is 4.04. The van der Waals surface area contributed by atoms with Gasteiger partial charge in [0, 0.05) is 6.04 Å². The normalized spacial score (nSPS) is 14.4. The van der Waals surface area contributed by atoms with Crippen LogP contribution in [0, 0.1) is 0 Å². The summed E-state index contributed by atoms with van der Waals surface area (Å²) < 4.78 is 5.73. The highest BCUT2D eigenvalue weighted by atomic mass is 32.1. The lowest BCUT2D eigenvalue weighted by Gasteiger charge is -2.02. The molecule has 0 amide bonds. The number of aromatic nitrogens is 2. The molecule has 1 heterocycles. The maximum Gasteiger partial charge on any atom is 0.299 e. The number of hydrogen-bond donors (Lipinski definition) is 1. The predicted molar refractivity (Wildman–Crippen MR) is 80.3 cm³/mol. The van der Waals surface area contributed by atoms with E-state index in [1.54, 1.807) is 0 Å². The van der Waals surface area contributed by atoms with Crippen molar-refractivity contribution in [1.82, 2.24) is 15.5 Å². The fraction of sp³-hybridized carbons (Fsp3) is 0.467. The molecule has 1 saturated carbocycles. The van der Waals surface area contributed by atoms with E-state index in [4.69, 9.17) is 4.74 Å². The van der Waals surface area contributed by atoms with Gasteiger partial charge in [0.15, 0.2) is 0 Å². The Balaban J connectivity index is 1.56. The number of ether oxygens (including phenoxy) is 1. The van der Waals surface area contributed by atoms with Crippen molar-refractivity contribution in [3.8, 4) is 10.9 Å². The zero-order valence-electron chi connectivity index (χ0n) is 11.6. The van der Waals surface area contributed by atoms with Crippen molar-refractivity contribution in [2.45, 2.75) is 45.2 Å². The quantitative estimate of drug-likeness (QED) is 0.847. The van der Waals surface area contributed by atoms with E-state index in [9.17, 15) is 0 Å². The molecule has 0 atom stereocenters. The highest BCUT2D eigenvalue weighted by Crippen LogP contribution is 2.26. The van der Waals surface area contributed by atoms with Gasteiger partial charge in [-0.3, -0.25) is 0 Å². The van der Waals surface area contributed by atoms with E-state index in [0.717, 1.165) is 30.1 Å². The fourth-order valence-corrected chi connectivity index (χ4v) is 2.64.